The second-order valence-corrected chi connectivity index (χ2v) is 11.4. The Morgan fingerprint density at radius 1 is 0.800 bits per heavy atom. The van der Waals surface area contributed by atoms with Gasteiger partial charge in [-0.15, -0.1) is 0 Å². The lowest BCUT2D eigenvalue weighted by Crippen LogP contribution is -2.55. The summed E-state index contributed by atoms with van der Waals surface area (Å²) in [5, 5.41) is 7.67. The van der Waals surface area contributed by atoms with E-state index in [0.717, 1.165) is 42.1 Å². The fourth-order valence-electron chi connectivity index (χ4n) is 7.32. The summed E-state index contributed by atoms with van der Waals surface area (Å²) in [4.78, 5) is 0. The van der Waals surface area contributed by atoms with E-state index >= 15 is 0 Å². The van der Waals surface area contributed by atoms with Crippen LogP contribution in [0.1, 0.15) is 73.1 Å². The molecule has 6 aliphatic carbocycles. The Morgan fingerprint density at radius 2 is 1.32 bits per heavy atom. The van der Waals surface area contributed by atoms with Crippen molar-refractivity contribution in [1.82, 2.24) is 10.6 Å². The lowest BCUT2D eigenvalue weighted by molar-refractivity contribution is -0.104. The van der Waals surface area contributed by atoms with Crippen LogP contribution >= 0.6 is 0 Å². The molecular weight excluding hydrogens is 304 g/mol. The maximum Gasteiger partial charge on any atom is 0.0164 e. The second-order valence-electron chi connectivity index (χ2n) is 11.4. The van der Waals surface area contributed by atoms with Gasteiger partial charge in [0.25, 0.3) is 0 Å². The molecule has 0 radical (unpaired) electrons. The molecule has 0 aliphatic heterocycles. The first-order chi connectivity index (χ1) is 11.8. The van der Waals surface area contributed by atoms with Crippen LogP contribution in [0.3, 0.4) is 0 Å². The van der Waals surface area contributed by atoms with Gasteiger partial charge >= 0.3 is 0 Å². The summed E-state index contributed by atoms with van der Waals surface area (Å²) in [5.41, 5.74) is 1.25. The highest BCUT2D eigenvalue weighted by Gasteiger charge is 2.54. The number of nitrogens with one attached hydrogen (secondary N) is 2. The summed E-state index contributed by atoms with van der Waals surface area (Å²) in [6, 6.07) is 0.603. The largest absolute Gasteiger partial charge is 0.315 e. The molecule has 0 aromatic rings. The standard InChI is InChI=1S/C23H42N2/c1-15(25-14-17-7-9-19-11-21(17)23(19,4)5)12-24-13-16-6-8-18-10-20(16)22(18,2)3/h15-21,24-25H,6-14H2,1-5H3/t15?,16-,17?,18?,19-,20-,21?/m0/s1. The second kappa shape index (κ2) is 6.51. The van der Waals surface area contributed by atoms with E-state index < -0.39 is 0 Å². The number of fused-ring (bicyclic) bond motifs is 4. The first-order valence-electron chi connectivity index (χ1n) is 11.2. The summed E-state index contributed by atoms with van der Waals surface area (Å²) in [6.45, 7) is 16.0. The van der Waals surface area contributed by atoms with E-state index in [4.69, 9.17) is 0 Å². The molecule has 2 nitrogen and oxygen atoms in total. The quantitative estimate of drug-likeness (QED) is 0.698. The summed E-state index contributed by atoms with van der Waals surface area (Å²) in [7, 11) is 0. The highest BCUT2D eigenvalue weighted by atomic mass is 15.0. The zero-order valence-electron chi connectivity index (χ0n) is 17.4. The molecule has 0 spiro atoms. The maximum absolute atomic E-state index is 3.86. The molecule has 6 aliphatic rings. The minimum absolute atomic E-state index is 0.603. The van der Waals surface area contributed by atoms with Crippen molar-refractivity contribution in [3.05, 3.63) is 0 Å². The van der Waals surface area contributed by atoms with Crippen molar-refractivity contribution in [2.75, 3.05) is 19.6 Å². The van der Waals surface area contributed by atoms with Gasteiger partial charge in [-0.25, -0.2) is 0 Å². The van der Waals surface area contributed by atoms with E-state index in [1.54, 1.807) is 0 Å². The molecule has 0 aromatic heterocycles. The normalized spacial score (nSPS) is 44.5. The van der Waals surface area contributed by atoms with Gasteiger partial charge in [-0.1, -0.05) is 27.7 Å². The molecule has 144 valence electrons. The van der Waals surface area contributed by atoms with Crippen molar-refractivity contribution in [2.45, 2.75) is 79.2 Å². The fourth-order valence-corrected chi connectivity index (χ4v) is 7.32. The lowest BCUT2D eigenvalue weighted by Gasteiger charge is -2.60. The number of rotatable bonds is 7. The van der Waals surface area contributed by atoms with Crippen LogP contribution in [-0.2, 0) is 0 Å². The molecule has 4 bridgehead atoms. The third kappa shape index (κ3) is 3.10. The molecule has 4 unspecified atom stereocenters. The Hall–Kier alpha value is -0.0800. The zero-order chi connectivity index (χ0) is 17.8. The van der Waals surface area contributed by atoms with Crippen molar-refractivity contribution in [2.24, 2.45) is 46.3 Å². The molecule has 6 saturated carbocycles. The SMILES string of the molecule is CC(CNC[C@@H]1CCC2C[C@@H]1C2(C)C)NCC1CC[C@H]2CC1C2(C)C. The van der Waals surface area contributed by atoms with Crippen molar-refractivity contribution >= 4 is 0 Å². The van der Waals surface area contributed by atoms with E-state index in [9.17, 15) is 0 Å². The van der Waals surface area contributed by atoms with Crippen LogP contribution in [-0.4, -0.2) is 25.7 Å². The number of hydrogen-bond donors (Lipinski definition) is 2. The summed E-state index contributed by atoms with van der Waals surface area (Å²) in [5.74, 6) is 5.87. The Labute approximate surface area is 156 Å². The Bertz CT molecular complexity index is 478. The molecule has 0 saturated heterocycles. The first-order valence-corrected chi connectivity index (χ1v) is 11.2. The van der Waals surface area contributed by atoms with Crippen molar-refractivity contribution in [1.29, 1.82) is 0 Å². The Kier molecular flexibility index (Phi) is 4.77. The fraction of sp³-hybridized carbons (Fsp3) is 1.00. The van der Waals surface area contributed by atoms with E-state index in [1.807, 2.05) is 0 Å². The van der Waals surface area contributed by atoms with Crippen LogP contribution in [0, 0.1) is 46.3 Å². The summed E-state index contributed by atoms with van der Waals surface area (Å²) in [6.07, 6.45) is 8.89. The van der Waals surface area contributed by atoms with Crippen LogP contribution in [0.5, 0.6) is 0 Å². The minimum atomic E-state index is 0.603. The van der Waals surface area contributed by atoms with Crippen LogP contribution < -0.4 is 10.6 Å². The van der Waals surface area contributed by atoms with Gasteiger partial charge in [-0.05, 0) is 105 Å². The van der Waals surface area contributed by atoms with Crippen molar-refractivity contribution < 1.29 is 0 Å². The molecule has 2 heteroatoms. The van der Waals surface area contributed by atoms with Gasteiger partial charge < -0.3 is 10.6 Å². The maximum atomic E-state index is 3.86. The minimum Gasteiger partial charge on any atom is -0.315 e. The van der Waals surface area contributed by atoms with Crippen LogP contribution in [0.2, 0.25) is 0 Å². The highest BCUT2D eigenvalue weighted by Crippen LogP contribution is 2.62. The van der Waals surface area contributed by atoms with E-state index in [1.165, 1.54) is 51.6 Å². The third-order valence-corrected chi connectivity index (χ3v) is 9.59. The molecule has 25 heavy (non-hydrogen) atoms. The monoisotopic (exact) mass is 346 g/mol. The molecular formula is C23H42N2. The van der Waals surface area contributed by atoms with E-state index in [2.05, 4.69) is 45.3 Å². The van der Waals surface area contributed by atoms with Gasteiger partial charge in [0.15, 0.2) is 0 Å². The average molecular weight is 347 g/mol. The van der Waals surface area contributed by atoms with Crippen molar-refractivity contribution in [3.8, 4) is 0 Å². The Balaban J connectivity index is 1.15. The zero-order valence-corrected chi connectivity index (χ0v) is 17.4. The summed E-state index contributed by atoms with van der Waals surface area (Å²) < 4.78 is 0. The first kappa shape index (κ1) is 18.3. The molecule has 0 aromatic carbocycles. The molecule has 2 N–H and O–H groups in total. The van der Waals surface area contributed by atoms with Crippen LogP contribution in [0.25, 0.3) is 0 Å². The summed E-state index contributed by atoms with van der Waals surface area (Å²) >= 11 is 0. The number of hydrogen-bond acceptors (Lipinski definition) is 2. The third-order valence-electron chi connectivity index (χ3n) is 9.59. The van der Waals surface area contributed by atoms with Gasteiger partial charge in [0.1, 0.15) is 0 Å². The Morgan fingerprint density at radius 3 is 1.80 bits per heavy atom. The predicted molar refractivity (Wildman–Crippen MR) is 107 cm³/mol. The van der Waals surface area contributed by atoms with Crippen LogP contribution in [0.4, 0.5) is 0 Å². The molecule has 6 fully saturated rings. The van der Waals surface area contributed by atoms with Gasteiger partial charge in [0, 0.05) is 12.6 Å². The smallest absolute Gasteiger partial charge is 0.0164 e. The molecule has 0 heterocycles. The molecule has 6 rings (SSSR count). The highest BCUT2D eigenvalue weighted by molar-refractivity contribution is 5.04. The molecule has 7 atom stereocenters. The van der Waals surface area contributed by atoms with Gasteiger partial charge in [0.2, 0.25) is 0 Å². The van der Waals surface area contributed by atoms with Crippen molar-refractivity contribution in [3.63, 3.8) is 0 Å². The van der Waals surface area contributed by atoms with Gasteiger partial charge in [-0.2, -0.15) is 0 Å². The van der Waals surface area contributed by atoms with E-state index in [0.29, 0.717) is 16.9 Å². The predicted octanol–water partition coefficient (Wildman–Crippen LogP) is 4.70. The topological polar surface area (TPSA) is 24.1 Å². The lowest BCUT2D eigenvalue weighted by atomic mass is 9.45. The van der Waals surface area contributed by atoms with Crippen LogP contribution in [0.15, 0.2) is 0 Å². The van der Waals surface area contributed by atoms with Gasteiger partial charge in [-0.3, -0.25) is 0 Å². The average Bonchev–Trinajstić information content (AvgIpc) is 2.60. The molecule has 0 amide bonds. The van der Waals surface area contributed by atoms with E-state index in [-0.39, 0.29) is 0 Å². The van der Waals surface area contributed by atoms with Gasteiger partial charge in [0.05, 0.1) is 0 Å².